The minimum atomic E-state index is -0.133. The van der Waals surface area contributed by atoms with Crippen LogP contribution in [0.25, 0.3) is 11.4 Å². The van der Waals surface area contributed by atoms with Gasteiger partial charge in [-0.2, -0.15) is 0 Å². The molecule has 0 N–H and O–H groups in total. The van der Waals surface area contributed by atoms with Crippen LogP contribution in [0.4, 0.5) is 10.8 Å². The van der Waals surface area contributed by atoms with Gasteiger partial charge < -0.3 is 4.74 Å². The molecule has 9 heteroatoms. The number of thiazole rings is 1. The van der Waals surface area contributed by atoms with Crippen LogP contribution in [-0.2, 0) is 17.1 Å². The molecule has 2 heterocycles. The zero-order valence-corrected chi connectivity index (χ0v) is 20.0. The first-order valence-corrected chi connectivity index (χ1v) is 12.1. The summed E-state index contributed by atoms with van der Waals surface area (Å²) in [6.07, 6.45) is 1.83. The summed E-state index contributed by atoms with van der Waals surface area (Å²) in [6.45, 7) is 5.99. The molecule has 0 aliphatic carbocycles. The lowest BCUT2D eigenvalue weighted by atomic mass is 10.2. The summed E-state index contributed by atoms with van der Waals surface area (Å²) in [6, 6.07) is 17.4. The maximum absolute atomic E-state index is 12.5. The molecule has 0 atom stereocenters. The maximum atomic E-state index is 12.5. The number of hydrogen-bond acceptors (Lipinski definition) is 7. The number of methoxy groups -OCH3 is 1. The highest BCUT2D eigenvalue weighted by atomic mass is 32.2. The lowest BCUT2D eigenvalue weighted by Gasteiger charge is -2.20. The lowest BCUT2D eigenvalue weighted by molar-refractivity contribution is -0.115. The number of rotatable bonds is 9. The van der Waals surface area contributed by atoms with E-state index in [9.17, 15) is 4.79 Å². The van der Waals surface area contributed by atoms with Gasteiger partial charge in [-0.05, 0) is 12.1 Å². The number of carbonyl (C=O) groups is 1. The molecular weight excluding hydrogens is 454 g/mol. The van der Waals surface area contributed by atoms with Crippen LogP contribution in [0.15, 0.2) is 77.8 Å². The highest BCUT2D eigenvalue weighted by Gasteiger charge is 2.21. The number of ether oxygens (including phenoxy) is 1. The fourth-order valence-corrected chi connectivity index (χ4v) is 5.14. The largest absolute Gasteiger partial charge is 0.495 e. The Labute approximate surface area is 200 Å². The van der Waals surface area contributed by atoms with Crippen molar-refractivity contribution in [2.75, 3.05) is 12.0 Å². The van der Waals surface area contributed by atoms with Gasteiger partial charge in [0.1, 0.15) is 5.75 Å². The molecule has 0 spiro atoms. The van der Waals surface area contributed by atoms with Gasteiger partial charge in [-0.25, -0.2) is 4.98 Å². The topological polar surface area (TPSA) is 73.1 Å². The molecule has 0 fully saturated rings. The predicted octanol–water partition coefficient (Wildman–Crippen LogP) is 5.57. The molecular formula is C24H23N5O2S2. The van der Waals surface area contributed by atoms with Gasteiger partial charge in [-0.1, -0.05) is 60.3 Å². The third-order valence-electron chi connectivity index (χ3n) is 4.78. The Balaban J connectivity index is 1.55. The van der Waals surface area contributed by atoms with Crippen molar-refractivity contribution in [3.8, 4) is 17.1 Å². The molecule has 1 amide bonds. The number of aromatic nitrogens is 4. The summed E-state index contributed by atoms with van der Waals surface area (Å²) in [5.74, 6) is 1.88. The molecule has 4 aromatic rings. The van der Waals surface area contributed by atoms with E-state index in [1.54, 1.807) is 23.8 Å². The average Bonchev–Trinajstić information content (AvgIpc) is 3.46. The normalized spacial score (nSPS) is 10.7. The van der Waals surface area contributed by atoms with E-state index < -0.39 is 0 Å². The molecule has 0 radical (unpaired) electrons. The monoisotopic (exact) mass is 477 g/mol. The fourth-order valence-electron chi connectivity index (χ4n) is 3.32. The number of amides is 1. The van der Waals surface area contributed by atoms with Crippen LogP contribution in [0, 0.1) is 0 Å². The summed E-state index contributed by atoms with van der Waals surface area (Å²) in [4.78, 5) is 18.7. The number of para-hydroxylation sites is 2. The molecule has 2 aromatic heterocycles. The van der Waals surface area contributed by atoms with Gasteiger partial charge in [0, 0.05) is 30.2 Å². The van der Waals surface area contributed by atoms with Crippen LogP contribution >= 0.6 is 23.1 Å². The molecule has 0 bridgehead atoms. The molecule has 4 rings (SSSR count). The van der Waals surface area contributed by atoms with Crippen LogP contribution < -0.4 is 9.64 Å². The second kappa shape index (κ2) is 10.5. The van der Waals surface area contributed by atoms with Crippen molar-refractivity contribution in [3.05, 3.63) is 78.3 Å². The molecule has 0 aliphatic heterocycles. The average molecular weight is 478 g/mol. The second-order valence-corrected chi connectivity index (χ2v) is 8.79. The zero-order chi connectivity index (χ0) is 23.2. The van der Waals surface area contributed by atoms with Crippen molar-refractivity contribution < 1.29 is 9.53 Å². The SMILES string of the molecule is C=CCn1c(SCc2csc(N(C(C)=O)c3ccccc3OC)n2)nnc1-c1ccccc1. The number of anilines is 2. The van der Waals surface area contributed by atoms with E-state index in [4.69, 9.17) is 9.72 Å². The first kappa shape index (κ1) is 22.8. The van der Waals surface area contributed by atoms with Gasteiger partial charge in [-0.3, -0.25) is 14.3 Å². The smallest absolute Gasteiger partial charge is 0.230 e. The predicted molar refractivity (Wildman–Crippen MR) is 133 cm³/mol. The summed E-state index contributed by atoms with van der Waals surface area (Å²) < 4.78 is 7.48. The van der Waals surface area contributed by atoms with Crippen molar-refractivity contribution in [1.82, 2.24) is 19.7 Å². The molecule has 2 aromatic carbocycles. The van der Waals surface area contributed by atoms with Crippen LogP contribution in [-0.4, -0.2) is 32.8 Å². The van der Waals surface area contributed by atoms with Gasteiger partial charge in [0.05, 0.1) is 18.5 Å². The van der Waals surface area contributed by atoms with E-state index >= 15 is 0 Å². The Bertz CT molecular complexity index is 1250. The molecule has 0 aliphatic rings. The minimum Gasteiger partial charge on any atom is -0.495 e. The van der Waals surface area contributed by atoms with Crippen LogP contribution in [0.1, 0.15) is 12.6 Å². The van der Waals surface area contributed by atoms with Gasteiger partial charge in [0.2, 0.25) is 5.91 Å². The first-order chi connectivity index (χ1) is 16.1. The second-order valence-electron chi connectivity index (χ2n) is 7.01. The summed E-state index contributed by atoms with van der Waals surface area (Å²) >= 11 is 2.97. The Morgan fingerprint density at radius 3 is 2.67 bits per heavy atom. The third kappa shape index (κ3) is 4.99. The Morgan fingerprint density at radius 1 is 1.18 bits per heavy atom. The molecule has 33 heavy (non-hydrogen) atoms. The van der Waals surface area contributed by atoms with Crippen molar-refractivity contribution in [1.29, 1.82) is 0 Å². The molecule has 0 saturated heterocycles. The Kier molecular flexibility index (Phi) is 7.21. The molecule has 0 saturated carbocycles. The summed E-state index contributed by atoms with van der Waals surface area (Å²) in [5, 5.41) is 12.1. The fraction of sp³-hybridized carbons (Fsp3) is 0.167. The summed E-state index contributed by atoms with van der Waals surface area (Å²) in [7, 11) is 1.59. The number of thioether (sulfide) groups is 1. The van der Waals surface area contributed by atoms with Crippen molar-refractivity contribution in [3.63, 3.8) is 0 Å². The quantitative estimate of drug-likeness (QED) is 0.232. The van der Waals surface area contributed by atoms with E-state index in [1.165, 1.54) is 18.3 Å². The van der Waals surface area contributed by atoms with Crippen molar-refractivity contribution in [2.45, 2.75) is 24.4 Å². The molecule has 7 nitrogen and oxygen atoms in total. The van der Waals surface area contributed by atoms with Crippen molar-refractivity contribution >= 4 is 39.8 Å². The Morgan fingerprint density at radius 2 is 1.94 bits per heavy atom. The van der Waals surface area contributed by atoms with E-state index in [2.05, 4.69) is 16.8 Å². The van der Waals surface area contributed by atoms with E-state index in [0.717, 1.165) is 22.2 Å². The number of carbonyl (C=O) groups excluding carboxylic acids is 1. The van der Waals surface area contributed by atoms with Crippen LogP contribution in [0.2, 0.25) is 0 Å². The first-order valence-electron chi connectivity index (χ1n) is 10.2. The van der Waals surface area contributed by atoms with Crippen molar-refractivity contribution in [2.24, 2.45) is 0 Å². The molecule has 168 valence electrons. The van der Waals surface area contributed by atoms with Gasteiger partial charge in [0.25, 0.3) is 0 Å². The number of allylic oxidation sites excluding steroid dienone is 1. The van der Waals surface area contributed by atoms with Gasteiger partial charge in [0.15, 0.2) is 16.1 Å². The highest BCUT2D eigenvalue weighted by molar-refractivity contribution is 7.98. The number of benzene rings is 2. The van der Waals surface area contributed by atoms with E-state index in [0.29, 0.717) is 28.9 Å². The standard InChI is InChI=1S/C24H23N5O2S2/c1-4-14-28-22(18-10-6-5-7-11-18)26-27-24(28)33-16-19-15-32-23(25-19)29(17(2)30)20-12-8-9-13-21(20)31-3/h4-13,15H,1,14,16H2,2-3H3. The van der Waals surface area contributed by atoms with Crippen LogP contribution in [0.5, 0.6) is 5.75 Å². The number of hydrogen-bond donors (Lipinski definition) is 0. The maximum Gasteiger partial charge on any atom is 0.230 e. The summed E-state index contributed by atoms with van der Waals surface area (Å²) in [5.41, 5.74) is 2.53. The Hall–Kier alpha value is -3.43. The van der Waals surface area contributed by atoms with Gasteiger partial charge >= 0.3 is 0 Å². The number of nitrogens with zero attached hydrogens (tertiary/aromatic N) is 5. The highest BCUT2D eigenvalue weighted by Crippen LogP contribution is 2.36. The van der Waals surface area contributed by atoms with Gasteiger partial charge in [-0.15, -0.1) is 28.1 Å². The lowest BCUT2D eigenvalue weighted by Crippen LogP contribution is -2.23. The third-order valence-corrected chi connectivity index (χ3v) is 6.66. The van der Waals surface area contributed by atoms with E-state index in [-0.39, 0.29) is 5.91 Å². The minimum absolute atomic E-state index is 0.133. The van der Waals surface area contributed by atoms with E-state index in [1.807, 2.05) is 70.6 Å². The zero-order valence-electron chi connectivity index (χ0n) is 18.3. The molecule has 0 unspecified atom stereocenters. The van der Waals surface area contributed by atoms with Crippen LogP contribution in [0.3, 0.4) is 0 Å².